The van der Waals surface area contributed by atoms with Crippen molar-refractivity contribution in [2.75, 3.05) is 5.32 Å². The SMILES string of the molecule is CC[C@@H](C)n1nccc1NC(=O)[C@@H](C)Sc1ccc2ccccc2n1. The first-order chi connectivity index (χ1) is 12.1. The second-order valence-electron chi connectivity index (χ2n) is 6.01. The molecule has 3 rings (SSSR count). The Kier molecular flexibility index (Phi) is 5.38. The smallest absolute Gasteiger partial charge is 0.238 e. The molecule has 0 fully saturated rings. The van der Waals surface area contributed by atoms with Crippen molar-refractivity contribution >= 4 is 34.4 Å². The van der Waals surface area contributed by atoms with Crippen LogP contribution in [-0.2, 0) is 4.79 Å². The Labute approximate surface area is 151 Å². The summed E-state index contributed by atoms with van der Waals surface area (Å²) in [5.74, 6) is 0.684. The highest BCUT2D eigenvalue weighted by Gasteiger charge is 2.18. The number of carbonyl (C=O) groups excluding carboxylic acids is 1. The van der Waals surface area contributed by atoms with Gasteiger partial charge in [-0.05, 0) is 32.4 Å². The van der Waals surface area contributed by atoms with Crippen LogP contribution in [0.4, 0.5) is 5.82 Å². The maximum Gasteiger partial charge on any atom is 0.238 e. The van der Waals surface area contributed by atoms with Crippen LogP contribution in [0, 0.1) is 0 Å². The normalized spacial score (nSPS) is 13.6. The molecule has 130 valence electrons. The lowest BCUT2D eigenvalue weighted by Gasteiger charge is -2.16. The molecule has 1 amide bonds. The molecule has 2 aromatic heterocycles. The number of hydrogen-bond acceptors (Lipinski definition) is 4. The minimum Gasteiger partial charge on any atom is -0.310 e. The Morgan fingerprint density at radius 2 is 2.00 bits per heavy atom. The molecule has 25 heavy (non-hydrogen) atoms. The van der Waals surface area contributed by atoms with E-state index < -0.39 is 0 Å². The van der Waals surface area contributed by atoms with Crippen LogP contribution in [0.25, 0.3) is 10.9 Å². The molecule has 0 spiro atoms. The van der Waals surface area contributed by atoms with E-state index in [4.69, 9.17) is 0 Å². The van der Waals surface area contributed by atoms with E-state index in [0.717, 1.165) is 28.2 Å². The average Bonchev–Trinajstić information content (AvgIpc) is 3.09. The fraction of sp³-hybridized carbons (Fsp3) is 0.316. The van der Waals surface area contributed by atoms with E-state index in [2.05, 4.69) is 29.2 Å². The topological polar surface area (TPSA) is 59.8 Å². The summed E-state index contributed by atoms with van der Waals surface area (Å²) in [6, 6.07) is 14.0. The monoisotopic (exact) mass is 354 g/mol. The van der Waals surface area contributed by atoms with Gasteiger partial charge in [-0.1, -0.05) is 43.0 Å². The van der Waals surface area contributed by atoms with Crippen molar-refractivity contribution in [1.82, 2.24) is 14.8 Å². The van der Waals surface area contributed by atoms with Crippen LogP contribution in [0.15, 0.2) is 53.7 Å². The average molecular weight is 354 g/mol. The number of fused-ring (bicyclic) bond motifs is 1. The number of amides is 1. The second kappa shape index (κ2) is 7.70. The first kappa shape index (κ1) is 17.5. The molecule has 2 atom stereocenters. The zero-order valence-corrected chi connectivity index (χ0v) is 15.5. The number of para-hydroxylation sites is 1. The molecule has 0 saturated carbocycles. The minimum atomic E-state index is -0.256. The van der Waals surface area contributed by atoms with Gasteiger partial charge in [0, 0.05) is 11.5 Å². The van der Waals surface area contributed by atoms with Gasteiger partial charge in [0.2, 0.25) is 5.91 Å². The zero-order chi connectivity index (χ0) is 17.8. The third-order valence-electron chi connectivity index (χ3n) is 4.17. The number of benzene rings is 1. The lowest BCUT2D eigenvalue weighted by Crippen LogP contribution is -2.24. The number of aromatic nitrogens is 3. The highest BCUT2D eigenvalue weighted by Crippen LogP contribution is 2.25. The third-order valence-corrected chi connectivity index (χ3v) is 5.21. The van der Waals surface area contributed by atoms with Gasteiger partial charge in [0.15, 0.2) is 0 Å². The van der Waals surface area contributed by atoms with Crippen molar-refractivity contribution in [3.05, 3.63) is 48.7 Å². The molecule has 0 saturated heterocycles. The third kappa shape index (κ3) is 4.02. The number of nitrogens with zero attached hydrogens (tertiary/aromatic N) is 3. The van der Waals surface area contributed by atoms with Crippen LogP contribution in [0.5, 0.6) is 0 Å². The lowest BCUT2D eigenvalue weighted by molar-refractivity contribution is -0.115. The molecule has 1 aromatic carbocycles. The standard InChI is InChI=1S/C19H22N4OS/c1-4-13(2)23-17(11-12-20-23)22-19(24)14(3)25-18-10-9-15-7-5-6-8-16(15)21-18/h5-14H,4H2,1-3H3,(H,22,24)/t13-,14-/m1/s1. The molecule has 1 N–H and O–H groups in total. The fourth-order valence-corrected chi connectivity index (χ4v) is 3.34. The molecule has 0 radical (unpaired) electrons. The van der Waals surface area contributed by atoms with E-state index in [9.17, 15) is 4.79 Å². The van der Waals surface area contributed by atoms with Gasteiger partial charge in [0.25, 0.3) is 0 Å². The molecule has 0 unspecified atom stereocenters. The largest absolute Gasteiger partial charge is 0.310 e. The number of carbonyl (C=O) groups is 1. The first-order valence-electron chi connectivity index (χ1n) is 8.45. The number of pyridine rings is 1. The Hall–Kier alpha value is -2.34. The number of thioether (sulfide) groups is 1. The molecule has 6 heteroatoms. The molecule has 2 heterocycles. The quantitative estimate of drug-likeness (QED) is 0.661. The number of rotatable bonds is 6. The molecular formula is C19H22N4OS. The summed E-state index contributed by atoms with van der Waals surface area (Å²) in [6.07, 6.45) is 2.67. The van der Waals surface area contributed by atoms with E-state index in [-0.39, 0.29) is 17.2 Å². The predicted molar refractivity (Wildman–Crippen MR) is 103 cm³/mol. The number of anilines is 1. The van der Waals surface area contributed by atoms with Gasteiger partial charge >= 0.3 is 0 Å². The Balaban J connectivity index is 1.69. The molecule has 3 aromatic rings. The summed E-state index contributed by atoms with van der Waals surface area (Å²) in [5.41, 5.74) is 0.940. The second-order valence-corrected chi connectivity index (χ2v) is 7.37. The molecular weight excluding hydrogens is 332 g/mol. The number of nitrogens with one attached hydrogen (secondary N) is 1. The van der Waals surface area contributed by atoms with Crippen molar-refractivity contribution in [2.45, 2.75) is 43.5 Å². The predicted octanol–water partition coefficient (Wildman–Crippen LogP) is 4.52. The van der Waals surface area contributed by atoms with Crippen LogP contribution in [0.3, 0.4) is 0 Å². The molecule has 0 bridgehead atoms. The van der Waals surface area contributed by atoms with E-state index in [0.29, 0.717) is 0 Å². The van der Waals surface area contributed by atoms with E-state index in [1.54, 1.807) is 6.20 Å². The van der Waals surface area contributed by atoms with Gasteiger partial charge in [-0.25, -0.2) is 9.67 Å². The first-order valence-corrected chi connectivity index (χ1v) is 9.33. The molecule has 0 aliphatic rings. The molecule has 5 nitrogen and oxygen atoms in total. The Bertz CT molecular complexity index is 876. The van der Waals surface area contributed by atoms with Gasteiger partial charge in [0.1, 0.15) is 5.82 Å². The van der Waals surface area contributed by atoms with E-state index in [1.165, 1.54) is 11.8 Å². The minimum absolute atomic E-state index is 0.0509. The summed E-state index contributed by atoms with van der Waals surface area (Å²) in [5, 5.41) is 8.96. The van der Waals surface area contributed by atoms with Gasteiger partial charge < -0.3 is 5.32 Å². The molecule has 0 aliphatic carbocycles. The maximum atomic E-state index is 12.5. The summed E-state index contributed by atoms with van der Waals surface area (Å²) < 4.78 is 1.85. The van der Waals surface area contributed by atoms with Crippen LogP contribution in [-0.4, -0.2) is 25.9 Å². The summed E-state index contributed by atoms with van der Waals surface area (Å²) in [6.45, 7) is 6.07. The highest BCUT2D eigenvalue weighted by molar-refractivity contribution is 8.00. The maximum absolute atomic E-state index is 12.5. The Morgan fingerprint density at radius 3 is 2.80 bits per heavy atom. The van der Waals surface area contributed by atoms with Crippen molar-refractivity contribution < 1.29 is 4.79 Å². The van der Waals surface area contributed by atoms with Crippen molar-refractivity contribution in [3.8, 4) is 0 Å². The number of hydrogen-bond donors (Lipinski definition) is 1. The Morgan fingerprint density at radius 1 is 1.20 bits per heavy atom. The van der Waals surface area contributed by atoms with Gasteiger partial charge in [0.05, 0.1) is 28.0 Å². The van der Waals surface area contributed by atoms with Gasteiger partial charge in [-0.2, -0.15) is 5.10 Å². The molecule has 0 aliphatic heterocycles. The zero-order valence-electron chi connectivity index (χ0n) is 14.6. The van der Waals surface area contributed by atoms with Gasteiger partial charge in [-0.3, -0.25) is 4.79 Å². The van der Waals surface area contributed by atoms with Crippen LogP contribution in [0.2, 0.25) is 0 Å². The van der Waals surface area contributed by atoms with Crippen molar-refractivity contribution in [3.63, 3.8) is 0 Å². The summed E-state index contributed by atoms with van der Waals surface area (Å²) in [7, 11) is 0. The van der Waals surface area contributed by atoms with Crippen LogP contribution in [0.1, 0.15) is 33.2 Å². The highest BCUT2D eigenvalue weighted by atomic mass is 32.2. The van der Waals surface area contributed by atoms with E-state index >= 15 is 0 Å². The fourth-order valence-electron chi connectivity index (χ4n) is 2.51. The summed E-state index contributed by atoms with van der Waals surface area (Å²) >= 11 is 1.46. The van der Waals surface area contributed by atoms with E-state index in [1.807, 2.05) is 54.1 Å². The van der Waals surface area contributed by atoms with Crippen molar-refractivity contribution in [1.29, 1.82) is 0 Å². The lowest BCUT2D eigenvalue weighted by atomic mass is 10.2. The van der Waals surface area contributed by atoms with Crippen LogP contribution >= 0.6 is 11.8 Å². The van der Waals surface area contributed by atoms with Gasteiger partial charge in [-0.15, -0.1) is 0 Å². The summed E-state index contributed by atoms with van der Waals surface area (Å²) in [4.78, 5) is 17.2. The van der Waals surface area contributed by atoms with Crippen LogP contribution < -0.4 is 5.32 Å². The van der Waals surface area contributed by atoms with Crippen molar-refractivity contribution in [2.24, 2.45) is 0 Å².